The lowest BCUT2D eigenvalue weighted by Crippen LogP contribution is -2.13. The Balaban J connectivity index is 2.46. The molecule has 0 saturated carbocycles. The Hall–Kier alpha value is -1.59. The van der Waals surface area contributed by atoms with E-state index in [2.05, 4.69) is 36.0 Å². The third-order valence-corrected chi connectivity index (χ3v) is 3.19. The number of hydrogen-bond acceptors (Lipinski definition) is 5. The van der Waals surface area contributed by atoms with E-state index in [0.717, 1.165) is 11.3 Å². The number of nitrogens with zero attached hydrogens (tertiary/aromatic N) is 3. The van der Waals surface area contributed by atoms with Crippen LogP contribution in [0.3, 0.4) is 0 Å². The highest BCUT2D eigenvalue weighted by atomic mass is 35.5. The number of rotatable bonds is 3. The zero-order valence-corrected chi connectivity index (χ0v) is 13.7. The van der Waals surface area contributed by atoms with E-state index in [1.165, 1.54) is 0 Å². The van der Waals surface area contributed by atoms with E-state index in [1.54, 1.807) is 19.2 Å². The van der Waals surface area contributed by atoms with Crippen molar-refractivity contribution in [1.82, 2.24) is 15.2 Å². The number of hydrogen-bond donors (Lipinski definition) is 0. The quantitative estimate of drug-likeness (QED) is 0.842. The summed E-state index contributed by atoms with van der Waals surface area (Å²) >= 11 is 11.6. The molecule has 0 aliphatic carbocycles. The number of halogens is 2. The summed E-state index contributed by atoms with van der Waals surface area (Å²) in [6, 6.07) is 5.51. The zero-order chi connectivity index (χ0) is 15.6. The predicted molar refractivity (Wildman–Crippen MR) is 81.6 cm³/mol. The van der Waals surface area contributed by atoms with E-state index in [0.29, 0.717) is 5.75 Å². The minimum atomic E-state index is -0.152. The molecular formula is C14H15Cl2N3O2. The first-order chi connectivity index (χ1) is 9.81. The second-order valence-corrected chi connectivity index (χ2v) is 6.09. The van der Waals surface area contributed by atoms with Crippen LogP contribution in [0.2, 0.25) is 10.4 Å². The average molecular weight is 328 g/mol. The fraction of sp³-hybridized carbons (Fsp3) is 0.357. The molecule has 0 amide bonds. The SMILES string of the molecule is COc1ccc(Oc2nc(Cl)nnc2Cl)c(C(C)(C)C)c1. The Bertz CT molecular complexity index is 657. The lowest BCUT2D eigenvalue weighted by Gasteiger charge is -2.23. The van der Waals surface area contributed by atoms with Crippen LogP contribution in [0.25, 0.3) is 0 Å². The van der Waals surface area contributed by atoms with E-state index in [1.807, 2.05) is 6.07 Å². The monoisotopic (exact) mass is 327 g/mol. The molecule has 21 heavy (non-hydrogen) atoms. The van der Waals surface area contributed by atoms with Crippen LogP contribution in [0.4, 0.5) is 0 Å². The van der Waals surface area contributed by atoms with Crippen LogP contribution in [0, 0.1) is 0 Å². The van der Waals surface area contributed by atoms with Crippen molar-refractivity contribution in [2.75, 3.05) is 7.11 Å². The van der Waals surface area contributed by atoms with Gasteiger partial charge in [0.15, 0.2) is 0 Å². The van der Waals surface area contributed by atoms with Crippen LogP contribution in [-0.2, 0) is 5.41 Å². The molecule has 0 aliphatic heterocycles. The highest BCUT2D eigenvalue weighted by Gasteiger charge is 2.21. The number of ether oxygens (including phenoxy) is 2. The molecule has 1 aromatic carbocycles. The summed E-state index contributed by atoms with van der Waals surface area (Å²) in [4.78, 5) is 3.94. The van der Waals surface area contributed by atoms with Crippen molar-refractivity contribution in [3.8, 4) is 17.4 Å². The van der Waals surface area contributed by atoms with Crippen molar-refractivity contribution >= 4 is 23.2 Å². The van der Waals surface area contributed by atoms with Crippen molar-refractivity contribution in [3.63, 3.8) is 0 Å². The Kier molecular flexibility index (Phi) is 4.54. The molecule has 0 radical (unpaired) electrons. The molecule has 1 heterocycles. The third kappa shape index (κ3) is 3.74. The van der Waals surface area contributed by atoms with E-state index in [-0.39, 0.29) is 21.7 Å². The lowest BCUT2D eigenvalue weighted by molar-refractivity contribution is 0.404. The van der Waals surface area contributed by atoms with Crippen LogP contribution >= 0.6 is 23.2 Å². The minimum absolute atomic E-state index is 0.0276. The molecule has 0 spiro atoms. The fourth-order valence-corrected chi connectivity index (χ4v) is 1.99. The van der Waals surface area contributed by atoms with Gasteiger partial charge in [0.25, 0.3) is 5.88 Å². The van der Waals surface area contributed by atoms with Gasteiger partial charge in [-0.3, -0.25) is 0 Å². The number of aromatic nitrogens is 3. The van der Waals surface area contributed by atoms with Gasteiger partial charge < -0.3 is 9.47 Å². The van der Waals surface area contributed by atoms with Crippen LogP contribution in [0.1, 0.15) is 26.3 Å². The molecule has 0 unspecified atom stereocenters. The highest BCUT2D eigenvalue weighted by molar-refractivity contribution is 6.31. The maximum atomic E-state index is 5.93. The molecule has 7 heteroatoms. The summed E-state index contributed by atoms with van der Waals surface area (Å²) < 4.78 is 11.0. The van der Waals surface area contributed by atoms with E-state index in [9.17, 15) is 0 Å². The topological polar surface area (TPSA) is 57.1 Å². The summed E-state index contributed by atoms with van der Waals surface area (Å²) in [5.41, 5.74) is 0.799. The summed E-state index contributed by atoms with van der Waals surface area (Å²) in [7, 11) is 1.62. The Morgan fingerprint density at radius 2 is 1.81 bits per heavy atom. The summed E-state index contributed by atoms with van der Waals surface area (Å²) in [5, 5.41) is 7.25. The number of methoxy groups -OCH3 is 1. The molecule has 5 nitrogen and oxygen atoms in total. The molecule has 1 aromatic heterocycles. The smallest absolute Gasteiger partial charge is 0.262 e. The standard InChI is InChI=1S/C14H15Cl2N3O2/c1-14(2,3)9-7-8(20-4)5-6-10(9)21-12-11(15)18-19-13(16)17-12/h5-7H,1-4H3. The third-order valence-electron chi connectivity index (χ3n) is 2.79. The molecule has 2 rings (SSSR count). The van der Waals surface area contributed by atoms with Gasteiger partial charge in [-0.05, 0) is 35.2 Å². The summed E-state index contributed by atoms with van der Waals surface area (Å²) in [6.45, 7) is 6.21. The first kappa shape index (κ1) is 15.8. The van der Waals surface area contributed by atoms with Crippen molar-refractivity contribution in [2.24, 2.45) is 0 Å². The van der Waals surface area contributed by atoms with Gasteiger partial charge in [-0.2, -0.15) is 4.98 Å². The molecule has 0 atom stereocenters. The normalized spacial score (nSPS) is 11.3. The van der Waals surface area contributed by atoms with Crippen molar-refractivity contribution < 1.29 is 9.47 Å². The Morgan fingerprint density at radius 3 is 2.43 bits per heavy atom. The zero-order valence-electron chi connectivity index (χ0n) is 12.1. The first-order valence-electron chi connectivity index (χ1n) is 6.23. The van der Waals surface area contributed by atoms with Gasteiger partial charge in [-0.25, -0.2) is 0 Å². The molecule has 2 aromatic rings. The molecule has 0 saturated heterocycles. The Labute approximate surface area is 133 Å². The number of benzene rings is 1. The van der Waals surface area contributed by atoms with Crippen LogP contribution in [0.5, 0.6) is 17.4 Å². The molecule has 0 aliphatic rings. The van der Waals surface area contributed by atoms with E-state index in [4.69, 9.17) is 32.7 Å². The van der Waals surface area contributed by atoms with E-state index >= 15 is 0 Å². The second-order valence-electron chi connectivity index (χ2n) is 5.39. The predicted octanol–water partition coefficient (Wildman–Crippen LogP) is 4.28. The van der Waals surface area contributed by atoms with Crippen molar-refractivity contribution in [1.29, 1.82) is 0 Å². The summed E-state index contributed by atoms with van der Waals surface area (Å²) in [5.74, 6) is 1.48. The van der Waals surface area contributed by atoms with Gasteiger partial charge in [0, 0.05) is 5.56 Å². The average Bonchev–Trinajstić information content (AvgIpc) is 2.42. The van der Waals surface area contributed by atoms with Gasteiger partial charge in [-0.1, -0.05) is 32.4 Å². The second kappa shape index (κ2) is 6.03. The Morgan fingerprint density at radius 1 is 1.10 bits per heavy atom. The minimum Gasteiger partial charge on any atom is -0.497 e. The summed E-state index contributed by atoms with van der Waals surface area (Å²) in [6.07, 6.45) is 0. The maximum absolute atomic E-state index is 5.93. The van der Waals surface area contributed by atoms with E-state index < -0.39 is 0 Å². The van der Waals surface area contributed by atoms with Gasteiger partial charge in [0.2, 0.25) is 10.4 Å². The first-order valence-corrected chi connectivity index (χ1v) is 6.99. The maximum Gasteiger partial charge on any atom is 0.262 e. The molecular weight excluding hydrogens is 313 g/mol. The molecule has 0 bridgehead atoms. The van der Waals surface area contributed by atoms with Crippen LogP contribution in [0.15, 0.2) is 18.2 Å². The molecule has 0 fully saturated rings. The highest BCUT2D eigenvalue weighted by Crippen LogP contribution is 2.37. The van der Waals surface area contributed by atoms with Crippen molar-refractivity contribution in [2.45, 2.75) is 26.2 Å². The van der Waals surface area contributed by atoms with Gasteiger partial charge in [-0.15, -0.1) is 10.2 Å². The van der Waals surface area contributed by atoms with Crippen LogP contribution < -0.4 is 9.47 Å². The fourth-order valence-electron chi connectivity index (χ4n) is 1.76. The van der Waals surface area contributed by atoms with Crippen LogP contribution in [-0.4, -0.2) is 22.3 Å². The molecule has 0 N–H and O–H groups in total. The van der Waals surface area contributed by atoms with Gasteiger partial charge >= 0.3 is 0 Å². The van der Waals surface area contributed by atoms with Gasteiger partial charge in [0.05, 0.1) is 7.11 Å². The largest absolute Gasteiger partial charge is 0.497 e. The van der Waals surface area contributed by atoms with Gasteiger partial charge in [0.1, 0.15) is 11.5 Å². The lowest BCUT2D eigenvalue weighted by atomic mass is 9.86. The molecule has 112 valence electrons. The van der Waals surface area contributed by atoms with Crippen molar-refractivity contribution in [3.05, 3.63) is 34.2 Å².